The lowest BCUT2D eigenvalue weighted by molar-refractivity contribution is 0.598. The van der Waals surface area contributed by atoms with Gasteiger partial charge in [-0.05, 0) is 18.8 Å². The van der Waals surface area contributed by atoms with Crippen molar-refractivity contribution in [3.63, 3.8) is 0 Å². The van der Waals surface area contributed by atoms with Crippen LogP contribution in [0.4, 0.5) is 0 Å². The summed E-state index contributed by atoms with van der Waals surface area (Å²) in [5, 5.41) is 4.60. The Morgan fingerprint density at radius 1 is 1.71 bits per heavy atom. The number of nitrogens with zero attached hydrogens (tertiary/aromatic N) is 1. The zero-order valence-electron chi connectivity index (χ0n) is 8.29. The standard InChI is InChI=1S/C10H15ClN2S/c1-2-3-7-4-8(7)12-6-10-13-5-9(11)14-10/h5,7-8,12H,2-4,6H2,1H3. The molecule has 1 aliphatic carbocycles. The summed E-state index contributed by atoms with van der Waals surface area (Å²) >= 11 is 7.36. The molecule has 0 saturated heterocycles. The molecule has 1 aromatic heterocycles. The molecule has 0 radical (unpaired) electrons. The van der Waals surface area contributed by atoms with E-state index in [4.69, 9.17) is 11.6 Å². The van der Waals surface area contributed by atoms with Crippen LogP contribution in [0, 0.1) is 5.92 Å². The maximum Gasteiger partial charge on any atom is 0.113 e. The molecule has 14 heavy (non-hydrogen) atoms. The molecule has 1 fully saturated rings. The van der Waals surface area contributed by atoms with E-state index in [9.17, 15) is 0 Å². The highest BCUT2D eigenvalue weighted by Crippen LogP contribution is 2.34. The molecule has 1 saturated carbocycles. The summed E-state index contributed by atoms with van der Waals surface area (Å²) in [6.45, 7) is 3.12. The Balaban J connectivity index is 1.69. The Labute approximate surface area is 93.7 Å². The molecule has 0 aliphatic heterocycles. The summed E-state index contributed by atoms with van der Waals surface area (Å²) in [5.74, 6) is 0.912. The fourth-order valence-corrected chi connectivity index (χ4v) is 2.68. The van der Waals surface area contributed by atoms with E-state index in [1.807, 2.05) is 0 Å². The molecule has 2 atom stereocenters. The van der Waals surface area contributed by atoms with Crippen molar-refractivity contribution in [2.24, 2.45) is 5.92 Å². The number of hydrogen-bond acceptors (Lipinski definition) is 3. The minimum Gasteiger partial charge on any atom is -0.307 e. The van der Waals surface area contributed by atoms with Crippen molar-refractivity contribution in [3.05, 3.63) is 15.5 Å². The number of thiazole rings is 1. The molecule has 0 aromatic carbocycles. The second-order valence-electron chi connectivity index (χ2n) is 3.83. The smallest absolute Gasteiger partial charge is 0.113 e. The van der Waals surface area contributed by atoms with Crippen LogP contribution in [-0.2, 0) is 6.54 Å². The average Bonchev–Trinajstić information content (AvgIpc) is 2.77. The average molecular weight is 231 g/mol. The van der Waals surface area contributed by atoms with Crippen LogP contribution in [0.2, 0.25) is 4.34 Å². The number of hydrogen-bond donors (Lipinski definition) is 1. The summed E-state index contributed by atoms with van der Waals surface area (Å²) < 4.78 is 0.780. The highest BCUT2D eigenvalue weighted by Gasteiger charge is 2.35. The van der Waals surface area contributed by atoms with Gasteiger partial charge < -0.3 is 5.32 Å². The monoisotopic (exact) mass is 230 g/mol. The zero-order valence-corrected chi connectivity index (χ0v) is 9.87. The van der Waals surface area contributed by atoms with Crippen molar-refractivity contribution in [3.8, 4) is 0 Å². The summed E-state index contributed by atoms with van der Waals surface area (Å²) in [7, 11) is 0. The number of halogens is 1. The summed E-state index contributed by atoms with van der Waals surface area (Å²) in [6, 6.07) is 0.734. The van der Waals surface area contributed by atoms with Crippen LogP contribution in [0.5, 0.6) is 0 Å². The molecular weight excluding hydrogens is 216 g/mol. The second kappa shape index (κ2) is 4.60. The van der Waals surface area contributed by atoms with Crippen LogP contribution in [0.15, 0.2) is 6.20 Å². The molecule has 2 unspecified atom stereocenters. The van der Waals surface area contributed by atoms with E-state index in [1.165, 1.54) is 19.3 Å². The first-order valence-corrected chi connectivity index (χ1v) is 6.32. The van der Waals surface area contributed by atoms with Gasteiger partial charge in [-0.25, -0.2) is 4.98 Å². The number of aromatic nitrogens is 1. The molecule has 1 N–H and O–H groups in total. The molecular formula is C10H15ClN2S. The van der Waals surface area contributed by atoms with Gasteiger partial charge in [-0.3, -0.25) is 0 Å². The number of rotatable bonds is 5. The van der Waals surface area contributed by atoms with Gasteiger partial charge in [-0.2, -0.15) is 0 Å². The topological polar surface area (TPSA) is 24.9 Å². The predicted octanol–water partition coefficient (Wildman–Crippen LogP) is 3.07. The first kappa shape index (κ1) is 10.4. The van der Waals surface area contributed by atoms with Crippen molar-refractivity contribution >= 4 is 22.9 Å². The van der Waals surface area contributed by atoms with Gasteiger partial charge in [0.25, 0.3) is 0 Å². The third-order valence-corrected chi connectivity index (χ3v) is 3.74. The molecule has 4 heteroatoms. The lowest BCUT2D eigenvalue weighted by Gasteiger charge is -1.99. The Bertz CT molecular complexity index is 300. The zero-order chi connectivity index (χ0) is 9.97. The van der Waals surface area contributed by atoms with Gasteiger partial charge in [0.2, 0.25) is 0 Å². The van der Waals surface area contributed by atoms with E-state index in [-0.39, 0.29) is 0 Å². The van der Waals surface area contributed by atoms with E-state index in [0.717, 1.165) is 27.8 Å². The van der Waals surface area contributed by atoms with Gasteiger partial charge in [-0.1, -0.05) is 24.9 Å². The van der Waals surface area contributed by atoms with Gasteiger partial charge in [0.05, 0.1) is 6.20 Å². The summed E-state index contributed by atoms with van der Waals surface area (Å²) in [6.07, 6.45) is 5.72. The molecule has 2 nitrogen and oxygen atoms in total. The Kier molecular flexibility index (Phi) is 3.42. The Morgan fingerprint density at radius 2 is 2.57 bits per heavy atom. The van der Waals surface area contributed by atoms with E-state index in [0.29, 0.717) is 0 Å². The van der Waals surface area contributed by atoms with Gasteiger partial charge in [0.15, 0.2) is 0 Å². The van der Waals surface area contributed by atoms with Crippen LogP contribution in [-0.4, -0.2) is 11.0 Å². The normalized spacial score (nSPS) is 25.3. The van der Waals surface area contributed by atoms with Crippen LogP contribution >= 0.6 is 22.9 Å². The maximum atomic E-state index is 5.80. The largest absolute Gasteiger partial charge is 0.307 e. The highest BCUT2D eigenvalue weighted by atomic mass is 35.5. The van der Waals surface area contributed by atoms with Gasteiger partial charge in [0.1, 0.15) is 9.34 Å². The van der Waals surface area contributed by atoms with Gasteiger partial charge in [-0.15, -0.1) is 11.3 Å². The Morgan fingerprint density at radius 3 is 3.21 bits per heavy atom. The van der Waals surface area contributed by atoms with E-state index in [2.05, 4.69) is 17.2 Å². The molecule has 2 rings (SSSR count). The predicted molar refractivity (Wildman–Crippen MR) is 60.8 cm³/mol. The minimum atomic E-state index is 0.734. The molecule has 78 valence electrons. The van der Waals surface area contributed by atoms with Crippen molar-refractivity contribution in [2.45, 2.75) is 38.8 Å². The van der Waals surface area contributed by atoms with Gasteiger partial charge in [0, 0.05) is 12.6 Å². The fourth-order valence-electron chi connectivity index (χ4n) is 1.78. The Hall–Kier alpha value is -0.120. The highest BCUT2D eigenvalue weighted by molar-refractivity contribution is 7.15. The first-order chi connectivity index (χ1) is 6.79. The summed E-state index contributed by atoms with van der Waals surface area (Å²) in [4.78, 5) is 4.21. The lowest BCUT2D eigenvalue weighted by Crippen LogP contribution is -2.17. The van der Waals surface area contributed by atoms with Crippen molar-refractivity contribution in [1.82, 2.24) is 10.3 Å². The molecule has 1 heterocycles. The SMILES string of the molecule is CCCC1CC1NCc1ncc(Cl)s1. The quantitative estimate of drug-likeness (QED) is 0.841. The van der Waals surface area contributed by atoms with E-state index < -0.39 is 0 Å². The number of nitrogens with one attached hydrogen (secondary N) is 1. The molecule has 0 amide bonds. The molecule has 1 aliphatic rings. The van der Waals surface area contributed by atoms with E-state index in [1.54, 1.807) is 17.5 Å². The van der Waals surface area contributed by atoms with Crippen molar-refractivity contribution in [2.75, 3.05) is 0 Å². The second-order valence-corrected chi connectivity index (χ2v) is 5.58. The lowest BCUT2D eigenvalue weighted by atomic mass is 10.2. The molecule has 1 aromatic rings. The van der Waals surface area contributed by atoms with Crippen LogP contribution < -0.4 is 5.32 Å². The third-order valence-electron chi connectivity index (χ3n) is 2.62. The van der Waals surface area contributed by atoms with Crippen molar-refractivity contribution in [1.29, 1.82) is 0 Å². The summed E-state index contributed by atoms with van der Waals surface area (Å²) in [5.41, 5.74) is 0. The third kappa shape index (κ3) is 2.69. The molecule has 0 spiro atoms. The van der Waals surface area contributed by atoms with Crippen LogP contribution in [0.1, 0.15) is 31.2 Å². The maximum absolute atomic E-state index is 5.80. The van der Waals surface area contributed by atoms with Crippen LogP contribution in [0.25, 0.3) is 0 Å². The molecule has 0 bridgehead atoms. The van der Waals surface area contributed by atoms with Crippen LogP contribution in [0.3, 0.4) is 0 Å². The van der Waals surface area contributed by atoms with Crippen molar-refractivity contribution < 1.29 is 0 Å². The van der Waals surface area contributed by atoms with E-state index >= 15 is 0 Å². The fraction of sp³-hybridized carbons (Fsp3) is 0.700. The minimum absolute atomic E-state index is 0.734. The van der Waals surface area contributed by atoms with Gasteiger partial charge >= 0.3 is 0 Å². The first-order valence-electron chi connectivity index (χ1n) is 5.13.